The summed E-state index contributed by atoms with van der Waals surface area (Å²) in [7, 11) is 0. The minimum absolute atomic E-state index is 0.167. The molecule has 0 fully saturated rings. The summed E-state index contributed by atoms with van der Waals surface area (Å²) in [6.07, 6.45) is 0. The lowest BCUT2D eigenvalue weighted by Crippen LogP contribution is -2.06. The molecule has 2 aromatic carbocycles. The van der Waals surface area contributed by atoms with Crippen molar-refractivity contribution in [3.05, 3.63) is 64.7 Å². The second kappa shape index (κ2) is 7.02. The molecule has 0 bridgehead atoms. The molecular weight excluding hydrogens is 320 g/mol. The minimum atomic E-state index is -0.667. The molecule has 2 rings (SSSR count). The van der Waals surface area contributed by atoms with Gasteiger partial charge < -0.3 is 5.32 Å². The predicted octanol–water partition coefficient (Wildman–Crippen LogP) is 5.25. The van der Waals surface area contributed by atoms with Crippen molar-refractivity contribution in [3.63, 3.8) is 0 Å². The molecule has 0 aliphatic rings. The highest BCUT2D eigenvalue weighted by Gasteiger charge is 2.06. The van der Waals surface area contributed by atoms with Crippen LogP contribution in [0.25, 0.3) is 0 Å². The first-order valence-corrected chi connectivity index (χ1v) is 7.45. The molecule has 2 aromatic rings. The van der Waals surface area contributed by atoms with Crippen LogP contribution in [-0.4, -0.2) is 4.32 Å². The topological polar surface area (TPSA) is 12.0 Å². The van der Waals surface area contributed by atoms with Crippen LogP contribution in [0.5, 0.6) is 0 Å². The largest absolute Gasteiger partial charge is 0.339 e. The summed E-state index contributed by atoms with van der Waals surface area (Å²) in [4.78, 5) is 0. The van der Waals surface area contributed by atoms with Crippen LogP contribution in [-0.2, 0) is 5.75 Å². The van der Waals surface area contributed by atoms with Crippen molar-refractivity contribution in [2.75, 3.05) is 5.32 Å². The van der Waals surface area contributed by atoms with Crippen molar-refractivity contribution < 1.29 is 8.78 Å². The number of rotatable bonds is 3. The first-order valence-electron chi connectivity index (χ1n) is 5.68. The number of anilines is 1. The minimum Gasteiger partial charge on any atom is -0.339 e. The van der Waals surface area contributed by atoms with Gasteiger partial charge in [-0.25, -0.2) is 8.78 Å². The van der Waals surface area contributed by atoms with Crippen molar-refractivity contribution >= 4 is 45.6 Å². The number of halogens is 3. The average molecular weight is 330 g/mol. The van der Waals surface area contributed by atoms with E-state index in [2.05, 4.69) is 5.32 Å². The van der Waals surface area contributed by atoms with E-state index in [1.165, 1.54) is 23.9 Å². The first-order chi connectivity index (χ1) is 9.54. The lowest BCUT2D eigenvalue weighted by molar-refractivity contribution is 0.586. The van der Waals surface area contributed by atoms with Crippen LogP contribution in [0.2, 0.25) is 5.02 Å². The molecule has 0 aliphatic carbocycles. The zero-order valence-corrected chi connectivity index (χ0v) is 12.6. The number of nitrogens with one attached hydrogen (secondary N) is 1. The Morgan fingerprint density at radius 1 is 1.15 bits per heavy atom. The molecule has 0 unspecified atom stereocenters. The number of thioether (sulfide) groups is 1. The molecule has 0 atom stereocenters. The maximum atomic E-state index is 13.4. The van der Waals surface area contributed by atoms with Gasteiger partial charge in [0, 0.05) is 16.8 Å². The van der Waals surface area contributed by atoms with Crippen LogP contribution < -0.4 is 5.32 Å². The Kier molecular flexibility index (Phi) is 5.34. The third kappa shape index (κ3) is 4.44. The molecule has 0 heterocycles. The van der Waals surface area contributed by atoms with Gasteiger partial charge in [-0.15, -0.1) is 0 Å². The van der Waals surface area contributed by atoms with Crippen LogP contribution >= 0.6 is 35.6 Å². The highest BCUT2D eigenvalue weighted by atomic mass is 35.5. The summed E-state index contributed by atoms with van der Waals surface area (Å²) in [5.41, 5.74) is 1.23. The summed E-state index contributed by atoms with van der Waals surface area (Å²) < 4.78 is 26.6. The molecule has 0 aromatic heterocycles. The van der Waals surface area contributed by atoms with E-state index in [1.807, 2.05) is 12.1 Å². The monoisotopic (exact) mass is 329 g/mol. The Bertz CT molecular complexity index is 617. The van der Waals surface area contributed by atoms with E-state index in [-0.39, 0.29) is 5.69 Å². The van der Waals surface area contributed by atoms with Crippen molar-refractivity contribution in [1.82, 2.24) is 0 Å². The van der Waals surface area contributed by atoms with Gasteiger partial charge in [0.15, 0.2) is 0 Å². The van der Waals surface area contributed by atoms with E-state index in [4.69, 9.17) is 23.8 Å². The van der Waals surface area contributed by atoms with E-state index >= 15 is 0 Å². The van der Waals surface area contributed by atoms with Crippen molar-refractivity contribution in [3.8, 4) is 0 Å². The summed E-state index contributed by atoms with van der Waals surface area (Å²) in [6.45, 7) is 0. The molecule has 6 heteroatoms. The van der Waals surface area contributed by atoms with Gasteiger partial charge in [-0.1, -0.05) is 47.7 Å². The molecule has 1 N–H and O–H groups in total. The van der Waals surface area contributed by atoms with Crippen LogP contribution in [0.1, 0.15) is 5.56 Å². The Morgan fingerprint density at radius 3 is 2.50 bits per heavy atom. The maximum Gasteiger partial charge on any atom is 0.149 e. The van der Waals surface area contributed by atoms with Crippen LogP contribution in [0.3, 0.4) is 0 Å². The third-order valence-corrected chi connectivity index (χ3v) is 4.00. The van der Waals surface area contributed by atoms with Gasteiger partial charge in [0.25, 0.3) is 0 Å². The lowest BCUT2D eigenvalue weighted by Gasteiger charge is -2.08. The van der Waals surface area contributed by atoms with Crippen LogP contribution in [0.15, 0.2) is 42.5 Å². The molecular formula is C14H10ClF2NS2. The average Bonchev–Trinajstić information content (AvgIpc) is 2.41. The molecule has 0 saturated carbocycles. The predicted molar refractivity (Wildman–Crippen MR) is 85.3 cm³/mol. The van der Waals surface area contributed by atoms with Gasteiger partial charge in [-0.2, -0.15) is 0 Å². The van der Waals surface area contributed by atoms with Crippen molar-refractivity contribution in [2.45, 2.75) is 5.75 Å². The fourth-order valence-electron chi connectivity index (χ4n) is 1.47. The van der Waals surface area contributed by atoms with Gasteiger partial charge in [0.1, 0.15) is 16.0 Å². The van der Waals surface area contributed by atoms with Crippen LogP contribution in [0, 0.1) is 11.6 Å². The van der Waals surface area contributed by atoms with E-state index in [0.29, 0.717) is 15.1 Å². The van der Waals surface area contributed by atoms with Gasteiger partial charge in [0.05, 0.1) is 5.69 Å². The number of thiocarbonyl (C=S) groups is 1. The number of hydrogen-bond acceptors (Lipinski definition) is 2. The quantitative estimate of drug-likeness (QED) is 0.772. The first kappa shape index (κ1) is 15.2. The standard InChI is InChI=1S/C14H10ClF2NS2/c15-10-3-1-9(2-4-10)8-20-14(19)18-13-6-5-11(16)7-12(13)17/h1-7H,8H2,(H,18,19). The zero-order chi connectivity index (χ0) is 14.5. The number of benzene rings is 2. The van der Waals surface area contributed by atoms with Gasteiger partial charge in [-0.3, -0.25) is 0 Å². The Balaban J connectivity index is 1.90. The second-order valence-electron chi connectivity index (χ2n) is 3.95. The molecule has 0 aliphatic heterocycles. The molecule has 0 radical (unpaired) electrons. The maximum absolute atomic E-state index is 13.4. The molecule has 0 saturated heterocycles. The van der Waals surface area contributed by atoms with E-state index in [9.17, 15) is 8.78 Å². The normalized spacial score (nSPS) is 10.3. The molecule has 0 spiro atoms. The molecule has 104 valence electrons. The summed E-state index contributed by atoms with van der Waals surface area (Å²) in [5.74, 6) is -0.640. The zero-order valence-electron chi connectivity index (χ0n) is 10.2. The van der Waals surface area contributed by atoms with E-state index in [0.717, 1.165) is 11.6 Å². The van der Waals surface area contributed by atoms with Crippen LogP contribution in [0.4, 0.5) is 14.5 Å². The number of hydrogen-bond donors (Lipinski definition) is 1. The molecule has 1 nitrogen and oxygen atoms in total. The SMILES string of the molecule is Fc1ccc(NC(=S)SCc2ccc(Cl)cc2)c(F)c1. The van der Waals surface area contributed by atoms with Crippen molar-refractivity contribution in [1.29, 1.82) is 0 Å². The molecule has 0 amide bonds. The summed E-state index contributed by atoms with van der Waals surface area (Å²) in [5, 5.41) is 3.42. The lowest BCUT2D eigenvalue weighted by atomic mass is 10.2. The van der Waals surface area contributed by atoms with E-state index < -0.39 is 11.6 Å². The third-order valence-electron chi connectivity index (χ3n) is 2.45. The van der Waals surface area contributed by atoms with Gasteiger partial charge in [-0.05, 0) is 29.8 Å². The Hall–Kier alpha value is -1.17. The Labute approximate surface area is 130 Å². The van der Waals surface area contributed by atoms with Crippen molar-refractivity contribution in [2.24, 2.45) is 0 Å². The second-order valence-corrected chi connectivity index (χ2v) is 6.04. The van der Waals surface area contributed by atoms with E-state index in [1.54, 1.807) is 12.1 Å². The highest BCUT2D eigenvalue weighted by molar-refractivity contribution is 8.22. The highest BCUT2D eigenvalue weighted by Crippen LogP contribution is 2.20. The Morgan fingerprint density at radius 2 is 1.85 bits per heavy atom. The fraction of sp³-hybridized carbons (Fsp3) is 0.0714. The summed E-state index contributed by atoms with van der Waals surface area (Å²) in [6, 6.07) is 10.7. The molecule has 20 heavy (non-hydrogen) atoms. The fourth-order valence-corrected chi connectivity index (χ4v) is 2.55. The smallest absolute Gasteiger partial charge is 0.149 e. The van der Waals surface area contributed by atoms with Gasteiger partial charge >= 0.3 is 0 Å². The van der Waals surface area contributed by atoms with Gasteiger partial charge in [0.2, 0.25) is 0 Å². The summed E-state index contributed by atoms with van der Waals surface area (Å²) >= 11 is 12.3.